The molecule has 0 aliphatic carbocycles. The molecular formula is C20H26N6S. The number of thiophene rings is 1. The van der Waals surface area contributed by atoms with Gasteiger partial charge < -0.3 is 4.90 Å². The lowest BCUT2D eigenvalue weighted by Crippen LogP contribution is -2.58. The van der Waals surface area contributed by atoms with E-state index in [4.69, 9.17) is 4.98 Å². The number of piperazine rings is 1. The molecule has 0 unspecified atom stereocenters. The SMILES string of the molecule is CN1CCN(N2CN(CCc3cccs3)Cn3c2nc2ccccc23)CC1. The van der Waals surface area contributed by atoms with Crippen LogP contribution in [0.15, 0.2) is 41.8 Å². The Hall–Kier alpha value is -1.93. The molecule has 0 saturated carbocycles. The number of hydrazine groups is 1. The summed E-state index contributed by atoms with van der Waals surface area (Å²) in [5, 5.41) is 7.06. The number of likely N-dealkylation sites (N-methyl/N-ethyl adjacent to an activating group) is 1. The largest absolute Gasteiger partial charge is 0.304 e. The van der Waals surface area contributed by atoms with E-state index in [-0.39, 0.29) is 0 Å². The summed E-state index contributed by atoms with van der Waals surface area (Å²) >= 11 is 1.86. The summed E-state index contributed by atoms with van der Waals surface area (Å²) < 4.78 is 2.38. The van der Waals surface area contributed by atoms with Gasteiger partial charge in [0.25, 0.3) is 0 Å². The lowest BCUT2D eigenvalue weighted by atomic mass is 10.3. The molecule has 6 nitrogen and oxygen atoms in total. The fourth-order valence-electron chi connectivity index (χ4n) is 4.01. The molecule has 3 aromatic rings. The van der Waals surface area contributed by atoms with Gasteiger partial charge in [-0.05, 0) is 37.0 Å². The van der Waals surface area contributed by atoms with E-state index in [9.17, 15) is 0 Å². The predicted octanol–water partition coefficient (Wildman–Crippen LogP) is 2.54. The molecule has 0 atom stereocenters. The maximum absolute atomic E-state index is 4.98. The molecule has 142 valence electrons. The van der Waals surface area contributed by atoms with Crippen LogP contribution in [-0.4, -0.2) is 70.8 Å². The van der Waals surface area contributed by atoms with Crippen LogP contribution in [-0.2, 0) is 13.1 Å². The van der Waals surface area contributed by atoms with Crippen molar-refractivity contribution >= 4 is 28.3 Å². The van der Waals surface area contributed by atoms with Crippen molar-refractivity contribution in [1.82, 2.24) is 24.4 Å². The molecular weight excluding hydrogens is 356 g/mol. The Labute approximate surface area is 164 Å². The highest BCUT2D eigenvalue weighted by Crippen LogP contribution is 2.28. The Balaban J connectivity index is 1.44. The van der Waals surface area contributed by atoms with E-state index in [0.29, 0.717) is 0 Å². The van der Waals surface area contributed by atoms with Gasteiger partial charge >= 0.3 is 0 Å². The van der Waals surface area contributed by atoms with Gasteiger partial charge in [0.1, 0.15) is 0 Å². The summed E-state index contributed by atoms with van der Waals surface area (Å²) in [5.74, 6) is 1.09. The molecule has 7 heteroatoms. The highest BCUT2D eigenvalue weighted by Gasteiger charge is 2.31. The molecule has 0 bridgehead atoms. The van der Waals surface area contributed by atoms with Gasteiger partial charge in [0.15, 0.2) is 0 Å². The minimum atomic E-state index is 0.908. The second-order valence-corrected chi connectivity index (χ2v) is 8.52. The summed E-state index contributed by atoms with van der Waals surface area (Å²) in [7, 11) is 2.20. The molecule has 4 heterocycles. The van der Waals surface area contributed by atoms with Crippen LogP contribution in [0.4, 0.5) is 5.95 Å². The maximum Gasteiger partial charge on any atom is 0.223 e. The van der Waals surface area contributed by atoms with Crippen LogP contribution in [0, 0.1) is 0 Å². The Morgan fingerprint density at radius 1 is 1.00 bits per heavy atom. The van der Waals surface area contributed by atoms with Gasteiger partial charge in [0, 0.05) is 37.6 Å². The van der Waals surface area contributed by atoms with Gasteiger partial charge in [-0.3, -0.25) is 14.5 Å². The number of hydrogen-bond acceptors (Lipinski definition) is 6. The molecule has 0 amide bonds. The topological polar surface area (TPSA) is 30.8 Å². The third-order valence-corrected chi connectivity index (χ3v) is 6.55. The highest BCUT2D eigenvalue weighted by molar-refractivity contribution is 7.09. The molecule has 1 saturated heterocycles. The van der Waals surface area contributed by atoms with E-state index >= 15 is 0 Å². The van der Waals surface area contributed by atoms with Crippen molar-refractivity contribution in [3.05, 3.63) is 46.7 Å². The van der Waals surface area contributed by atoms with Crippen molar-refractivity contribution in [3.8, 4) is 0 Å². The first-order valence-corrected chi connectivity index (χ1v) is 10.6. The zero-order chi connectivity index (χ0) is 18.2. The van der Waals surface area contributed by atoms with Crippen LogP contribution in [0.2, 0.25) is 0 Å². The quantitative estimate of drug-likeness (QED) is 0.692. The molecule has 2 aliphatic rings. The smallest absolute Gasteiger partial charge is 0.223 e. The van der Waals surface area contributed by atoms with Crippen molar-refractivity contribution in [1.29, 1.82) is 0 Å². The van der Waals surface area contributed by atoms with Crippen LogP contribution in [0.5, 0.6) is 0 Å². The van der Waals surface area contributed by atoms with Gasteiger partial charge in [-0.1, -0.05) is 18.2 Å². The number of fused-ring (bicyclic) bond motifs is 3. The lowest BCUT2D eigenvalue weighted by Gasteiger charge is -2.45. The molecule has 0 spiro atoms. The van der Waals surface area contributed by atoms with Gasteiger partial charge in [-0.15, -0.1) is 11.3 Å². The third kappa shape index (κ3) is 3.36. The summed E-state index contributed by atoms with van der Waals surface area (Å²) in [4.78, 5) is 11.4. The van der Waals surface area contributed by atoms with Gasteiger partial charge in [0.2, 0.25) is 5.95 Å². The average Bonchev–Trinajstić information content (AvgIpc) is 3.34. The first-order chi connectivity index (χ1) is 13.3. The highest BCUT2D eigenvalue weighted by atomic mass is 32.1. The molecule has 5 rings (SSSR count). The summed E-state index contributed by atoms with van der Waals surface area (Å²) in [6.07, 6.45) is 1.11. The number of para-hydroxylation sites is 2. The van der Waals surface area contributed by atoms with Crippen LogP contribution >= 0.6 is 11.3 Å². The molecule has 2 aromatic heterocycles. The first kappa shape index (κ1) is 17.2. The van der Waals surface area contributed by atoms with E-state index in [2.05, 4.69) is 73.2 Å². The second kappa shape index (κ2) is 7.24. The van der Waals surface area contributed by atoms with Gasteiger partial charge in [0.05, 0.1) is 24.4 Å². The summed E-state index contributed by atoms with van der Waals surface area (Å²) in [6.45, 7) is 7.20. The van der Waals surface area contributed by atoms with Crippen molar-refractivity contribution in [2.75, 3.05) is 51.4 Å². The van der Waals surface area contributed by atoms with E-state index in [1.807, 2.05) is 11.3 Å². The molecule has 1 aromatic carbocycles. The summed E-state index contributed by atoms with van der Waals surface area (Å²) in [5.41, 5.74) is 2.32. The Bertz CT molecular complexity index is 896. The maximum atomic E-state index is 4.98. The van der Waals surface area contributed by atoms with Gasteiger partial charge in [-0.2, -0.15) is 0 Å². The van der Waals surface area contributed by atoms with Crippen molar-refractivity contribution < 1.29 is 0 Å². The van der Waals surface area contributed by atoms with Crippen LogP contribution in [0.25, 0.3) is 11.0 Å². The Morgan fingerprint density at radius 2 is 1.85 bits per heavy atom. The molecule has 2 aliphatic heterocycles. The van der Waals surface area contributed by atoms with Crippen molar-refractivity contribution in [2.45, 2.75) is 13.1 Å². The number of aromatic nitrogens is 2. The van der Waals surface area contributed by atoms with Crippen LogP contribution < -0.4 is 5.01 Å². The van der Waals surface area contributed by atoms with Crippen molar-refractivity contribution in [2.24, 2.45) is 0 Å². The number of anilines is 1. The van der Waals surface area contributed by atoms with Crippen molar-refractivity contribution in [3.63, 3.8) is 0 Å². The monoisotopic (exact) mass is 382 g/mol. The fourth-order valence-corrected chi connectivity index (χ4v) is 4.71. The molecule has 0 N–H and O–H groups in total. The molecule has 27 heavy (non-hydrogen) atoms. The molecule has 1 fully saturated rings. The fraction of sp³-hybridized carbons (Fsp3) is 0.450. The second-order valence-electron chi connectivity index (χ2n) is 7.49. The average molecular weight is 383 g/mol. The number of hydrogen-bond donors (Lipinski definition) is 0. The van der Waals surface area contributed by atoms with E-state index in [1.165, 1.54) is 10.4 Å². The van der Waals surface area contributed by atoms with E-state index in [1.54, 1.807) is 0 Å². The lowest BCUT2D eigenvalue weighted by molar-refractivity contribution is 0.0902. The van der Waals surface area contributed by atoms with Crippen LogP contribution in [0.1, 0.15) is 4.88 Å². The predicted molar refractivity (Wildman–Crippen MR) is 111 cm³/mol. The zero-order valence-corrected chi connectivity index (χ0v) is 16.6. The standard InChI is InChI=1S/C20H26N6S/c1-22-10-12-24(13-11-22)26-16-23(9-8-17-5-4-14-27-17)15-25-19-7-3-2-6-18(19)21-20(25)26/h2-7,14H,8-13,15-16H2,1H3. The van der Waals surface area contributed by atoms with E-state index in [0.717, 1.165) is 63.9 Å². The summed E-state index contributed by atoms with van der Waals surface area (Å²) in [6, 6.07) is 12.9. The minimum absolute atomic E-state index is 0.908. The van der Waals surface area contributed by atoms with E-state index < -0.39 is 0 Å². The third-order valence-electron chi connectivity index (χ3n) is 5.62. The normalized spacial score (nSPS) is 19.7. The first-order valence-electron chi connectivity index (χ1n) is 9.69. The zero-order valence-electron chi connectivity index (χ0n) is 15.8. The number of nitrogens with zero attached hydrogens (tertiary/aromatic N) is 6. The Kier molecular flexibility index (Phi) is 4.61. The number of benzene rings is 1. The van der Waals surface area contributed by atoms with Crippen LogP contribution in [0.3, 0.4) is 0 Å². The number of imidazole rings is 1. The minimum Gasteiger partial charge on any atom is -0.304 e. The number of rotatable bonds is 4. The van der Waals surface area contributed by atoms with Gasteiger partial charge in [-0.25, -0.2) is 9.99 Å². The molecule has 0 radical (unpaired) electrons. The Morgan fingerprint density at radius 3 is 2.67 bits per heavy atom.